The molecule has 15 nitrogen and oxygen atoms in total. The fraction of sp³-hybridized carbons (Fsp3) is 0.489. The van der Waals surface area contributed by atoms with Gasteiger partial charge in [-0.2, -0.15) is 0 Å². The molecule has 3 aromatic heterocycles. The number of carbonyl (C=O) groups excluding carboxylic acids is 4. The number of hydrogen-bond donors (Lipinski definition) is 4. The quantitative estimate of drug-likeness (QED) is 0.0589. The van der Waals surface area contributed by atoms with Gasteiger partial charge in [-0.1, -0.05) is 26.5 Å². The third-order valence-electron chi connectivity index (χ3n) is 11.2. The van der Waals surface area contributed by atoms with Crippen molar-refractivity contribution in [2.24, 2.45) is 0 Å². The van der Waals surface area contributed by atoms with Crippen molar-refractivity contribution in [2.45, 2.75) is 98.5 Å². The molecule has 15 heteroatoms. The van der Waals surface area contributed by atoms with Crippen LogP contribution in [0.25, 0.3) is 39.3 Å². The third-order valence-corrected chi connectivity index (χ3v) is 11.2. The van der Waals surface area contributed by atoms with Crippen LogP contribution in [0.2, 0.25) is 0 Å². The number of aromatic amines is 2. The summed E-state index contributed by atoms with van der Waals surface area (Å²) in [5.41, 5.74) is 10.6. The molecule has 0 radical (unpaired) electrons. The first-order valence-corrected chi connectivity index (χ1v) is 21.2. The molecule has 5 rings (SSSR count). The maximum Gasteiger partial charge on any atom is 0.407 e. The Hall–Kier alpha value is -5.80. The van der Waals surface area contributed by atoms with Gasteiger partial charge in [0.1, 0.15) is 5.60 Å². The largest absolute Gasteiger partial charge is 0.469 e. The van der Waals surface area contributed by atoms with Crippen molar-refractivity contribution in [2.75, 3.05) is 53.7 Å². The third kappa shape index (κ3) is 11.2. The lowest BCUT2D eigenvalue weighted by molar-refractivity contribution is -0.141. The molecule has 2 aliphatic heterocycles. The summed E-state index contributed by atoms with van der Waals surface area (Å²) in [5.74, 6) is -1.76. The van der Waals surface area contributed by atoms with Gasteiger partial charge in [0.05, 0.1) is 75.2 Å². The zero-order valence-electron chi connectivity index (χ0n) is 37.8. The van der Waals surface area contributed by atoms with E-state index in [-0.39, 0.29) is 69.5 Å². The van der Waals surface area contributed by atoms with E-state index in [9.17, 15) is 19.2 Å². The molecule has 2 aliphatic rings. The van der Waals surface area contributed by atoms with Gasteiger partial charge in [-0.05, 0) is 94.9 Å². The fourth-order valence-corrected chi connectivity index (χ4v) is 7.89. The van der Waals surface area contributed by atoms with Gasteiger partial charge in [0, 0.05) is 64.7 Å². The summed E-state index contributed by atoms with van der Waals surface area (Å²) in [5, 5.41) is 5.65. The highest BCUT2D eigenvalue weighted by Gasteiger charge is 2.34. The summed E-state index contributed by atoms with van der Waals surface area (Å²) in [7, 11) is 2.68. The van der Waals surface area contributed by atoms with Gasteiger partial charge < -0.3 is 44.3 Å². The standard InChI is InChI=1S/C47H62N6O9/c1-12-30-26(3)34-23-36-28(5)32(14-15-40(54)58-10)43(52-36)33(22-41(55)59-11)44-42(45(56)48-16-18-60-20-21-61-19-17-49-46(57)62-47(7,8)9)29(6)37(53-44)25-39-31(13-2)27(4)35(51-39)24-38(30)50-34/h12,23-25,28,32,50,53H,1,13-22H2,2-11H3,(H,48,56)(H,49,57). The second-order valence-corrected chi connectivity index (χ2v) is 16.5. The zero-order valence-corrected chi connectivity index (χ0v) is 37.8. The number of nitrogens with zero attached hydrogens (tertiary/aromatic N) is 2. The van der Waals surface area contributed by atoms with Gasteiger partial charge in [-0.25, -0.2) is 9.78 Å². The topological polar surface area (TPSA) is 196 Å². The van der Waals surface area contributed by atoms with Gasteiger partial charge in [0.15, 0.2) is 0 Å². The molecule has 3 aromatic rings. The van der Waals surface area contributed by atoms with Gasteiger partial charge in [0.2, 0.25) is 0 Å². The highest BCUT2D eigenvalue weighted by atomic mass is 16.6. The SMILES string of the molecule is C=Cc1c(C)c2cc3nc(c(CC(=O)OC)c4[nH]c(cc5nc(cc1[nH]2)C(C)=C5CC)c(C)c4C(=O)NCCOCCOCCNC(=O)OC(C)(C)C)C(CCC(=O)OC)C3C. The summed E-state index contributed by atoms with van der Waals surface area (Å²) in [6.07, 6.45) is 2.36. The molecule has 0 aromatic carbocycles. The normalized spacial score (nSPS) is 15.0. The van der Waals surface area contributed by atoms with Crippen LogP contribution in [0.5, 0.6) is 0 Å². The fourth-order valence-electron chi connectivity index (χ4n) is 7.89. The number of methoxy groups -OCH3 is 2. The Labute approximate surface area is 363 Å². The van der Waals surface area contributed by atoms with Crippen LogP contribution in [0.4, 0.5) is 4.79 Å². The molecule has 2 unspecified atom stereocenters. The Kier molecular flexibility index (Phi) is 15.9. The van der Waals surface area contributed by atoms with Gasteiger partial charge >= 0.3 is 18.0 Å². The van der Waals surface area contributed by atoms with E-state index < -0.39 is 17.7 Å². The second-order valence-electron chi connectivity index (χ2n) is 16.5. The van der Waals surface area contributed by atoms with Crippen LogP contribution in [0, 0.1) is 13.8 Å². The first-order chi connectivity index (χ1) is 29.5. The predicted molar refractivity (Wildman–Crippen MR) is 240 cm³/mol. The molecule has 8 bridgehead atoms. The summed E-state index contributed by atoms with van der Waals surface area (Å²) in [4.78, 5) is 69.6. The Morgan fingerprint density at radius 2 is 1.48 bits per heavy atom. The molecular formula is C47H62N6O9. The number of allylic oxidation sites excluding steroid dienone is 2. The van der Waals surface area contributed by atoms with Crippen LogP contribution in [-0.4, -0.2) is 103 Å². The van der Waals surface area contributed by atoms with E-state index in [0.717, 1.165) is 56.8 Å². The lowest BCUT2D eigenvalue weighted by atomic mass is 9.85. The van der Waals surface area contributed by atoms with Crippen molar-refractivity contribution in [3.8, 4) is 0 Å². The first-order valence-electron chi connectivity index (χ1n) is 21.2. The van der Waals surface area contributed by atoms with E-state index in [1.807, 2.05) is 38.1 Å². The highest BCUT2D eigenvalue weighted by Crippen LogP contribution is 2.43. The summed E-state index contributed by atoms with van der Waals surface area (Å²) in [6, 6.07) is 6.00. The number of aryl methyl sites for hydroxylation is 2. The number of aromatic nitrogens is 4. The van der Waals surface area contributed by atoms with Crippen molar-refractivity contribution in [1.82, 2.24) is 30.6 Å². The van der Waals surface area contributed by atoms with E-state index in [1.165, 1.54) is 14.2 Å². The Balaban J connectivity index is 1.59. The summed E-state index contributed by atoms with van der Waals surface area (Å²) < 4.78 is 26.8. The van der Waals surface area contributed by atoms with E-state index in [1.54, 1.807) is 20.8 Å². The minimum atomic E-state index is -0.585. The lowest BCUT2D eigenvalue weighted by Crippen LogP contribution is -2.34. The minimum absolute atomic E-state index is 0.124. The summed E-state index contributed by atoms with van der Waals surface area (Å²) >= 11 is 0. The van der Waals surface area contributed by atoms with E-state index in [2.05, 4.69) is 48.0 Å². The molecule has 0 saturated carbocycles. The zero-order chi connectivity index (χ0) is 45.3. The predicted octanol–water partition coefficient (Wildman–Crippen LogP) is 7.76. The van der Waals surface area contributed by atoms with Crippen molar-refractivity contribution in [3.63, 3.8) is 0 Å². The smallest absolute Gasteiger partial charge is 0.407 e. The van der Waals surface area contributed by atoms with Gasteiger partial charge in [-0.3, -0.25) is 19.4 Å². The average molecular weight is 855 g/mol. The number of hydrogen-bond acceptors (Lipinski definition) is 11. The van der Waals surface area contributed by atoms with Crippen molar-refractivity contribution < 1.29 is 42.9 Å². The van der Waals surface area contributed by atoms with E-state index in [4.69, 9.17) is 33.7 Å². The van der Waals surface area contributed by atoms with E-state index in [0.29, 0.717) is 46.4 Å². The Bertz CT molecular complexity index is 2390. The van der Waals surface area contributed by atoms with Crippen molar-refractivity contribution in [1.29, 1.82) is 0 Å². The summed E-state index contributed by atoms with van der Waals surface area (Å²) in [6.45, 7) is 21.1. The number of amides is 2. The van der Waals surface area contributed by atoms with Crippen LogP contribution in [-0.2, 0) is 39.7 Å². The number of carbonyl (C=O) groups is 4. The first kappa shape index (κ1) is 47.3. The van der Waals surface area contributed by atoms with Crippen molar-refractivity contribution >= 4 is 63.2 Å². The number of H-pyrrole nitrogens is 2. The number of alkyl carbamates (subject to hydrolysis) is 1. The van der Waals surface area contributed by atoms with Crippen LogP contribution in [0.1, 0.15) is 128 Å². The van der Waals surface area contributed by atoms with Gasteiger partial charge in [0.25, 0.3) is 5.91 Å². The molecule has 4 N–H and O–H groups in total. The molecule has 0 spiro atoms. The number of ether oxygens (including phenoxy) is 5. The van der Waals surface area contributed by atoms with E-state index >= 15 is 0 Å². The minimum Gasteiger partial charge on any atom is -0.469 e. The maximum absolute atomic E-state index is 14.4. The molecule has 334 valence electrons. The van der Waals surface area contributed by atoms with Crippen LogP contribution in [0.15, 0.2) is 24.8 Å². The number of nitrogens with one attached hydrogen (secondary N) is 4. The number of esters is 2. The van der Waals surface area contributed by atoms with Crippen LogP contribution in [0.3, 0.4) is 0 Å². The van der Waals surface area contributed by atoms with Crippen LogP contribution < -0.4 is 10.6 Å². The number of fused-ring (bicyclic) bond motifs is 8. The molecule has 2 amide bonds. The monoisotopic (exact) mass is 854 g/mol. The van der Waals surface area contributed by atoms with Crippen molar-refractivity contribution in [3.05, 3.63) is 75.4 Å². The Morgan fingerprint density at radius 3 is 2.11 bits per heavy atom. The molecule has 0 fully saturated rings. The molecule has 5 heterocycles. The molecule has 0 aliphatic carbocycles. The lowest BCUT2D eigenvalue weighted by Gasteiger charge is -2.19. The molecule has 0 saturated heterocycles. The molecule has 62 heavy (non-hydrogen) atoms. The van der Waals surface area contributed by atoms with Crippen LogP contribution >= 0.6 is 0 Å². The number of rotatable bonds is 17. The average Bonchev–Trinajstić information content (AvgIpc) is 3.91. The second kappa shape index (κ2) is 20.8. The maximum atomic E-state index is 14.4. The highest BCUT2D eigenvalue weighted by molar-refractivity contribution is 6.06. The molecule has 2 atom stereocenters. The molecular weight excluding hydrogens is 793 g/mol. The Morgan fingerprint density at radius 1 is 0.839 bits per heavy atom. The van der Waals surface area contributed by atoms with Gasteiger partial charge in [-0.15, -0.1) is 0 Å².